The Balaban J connectivity index is 1.46. The van der Waals surface area contributed by atoms with Crippen LogP contribution >= 0.6 is 0 Å². The molecular formula is C33H27F3N4O3. The van der Waals surface area contributed by atoms with Crippen molar-refractivity contribution < 1.29 is 27.5 Å². The summed E-state index contributed by atoms with van der Waals surface area (Å²) in [4.78, 5) is 26.6. The van der Waals surface area contributed by atoms with E-state index in [0.29, 0.717) is 40.8 Å². The van der Waals surface area contributed by atoms with E-state index in [-0.39, 0.29) is 27.9 Å². The van der Waals surface area contributed by atoms with Crippen LogP contribution in [0, 0.1) is 24.4 Å². The van der Waals surface area contributed by atoms with E-state index >= 15 is 4.39 Å². The van der Waals surface area contributed by atoms with Gasteiger partial charge in [-0.15, -0.1) is 0 Å². The Labute approximate surface area is 245 Å². The maximum Gasteiger partial charge on any atom is 0.255 e. The van der Waals surface area contributed by atoms with Crippen molar-refractivity contribution in [3.05, 3.63) is 113 Å². The monoisotopic (exact) mass is 584 g/mol. The number of hydrogen-bond acceptors (Lipinski definition) is 4. The number of nitrogens with one attached hydrogen (secondary N) is 2. The number of nitrogens with zero attached hydrogens (tertiary/aromatic N) is 2. The molecule has 0 bridgehead atoms. The average Bonchev–Trinajstić information content (AvgIpc) is 3.68. The fourth-order valence-corrected chi connectivity index (χ4v) is 5.46. The zero-order valence-electron chi connectivity index (χ0n) is 23.6. The van der Waals surface area contributed by atoms with Gasteiger partial charge in [0.15, 0.2) is 5.82 Å². The van der Waals surface area contributed by atoms with Crippen LogP contribution in [0.4, 0.5) is 13.2 Å². The highest BCUT2D eigenvalue weighted by Gasteiger charge is 2.46. The predicted molar refractivity (Wildman–Crippen MR) is 155 cm³/mol. The molecule has 2 aromatic heterocycles. The first-order valence-corrected chi connectivity index (χ1v) is 13.6. The summed E-state index contributed by atoms with van der Waals surface area (Å²) >= 11 is 0. The third-order valence-electron chi connectivity index (χ3n) is 7.87. The Kier molecular flexibility index (Phi) is 6.92. The number of rotatable bonds is 7. The summed E-state index contributed by atoms with van der Waals surface area (Å²) in [7, 11) is 2.87. The molecule has 7 nitrogen and oxygen atoms in total. The zero-order chi connectivity index (χ0) is 30.5. The Hall–Kier alpha value is -5.12. The number of aromatic nitrogens is 2. The van der Waals surface area contributed by atoms with Crippen molar-refractivity contribution in [1.29, 1.82) is 0 Å². The van der Waals surface area contributed by atoms with Crippen LogP contribution in [0.25, 0.3) is 27.9 Å². The van der Waals surface area contributed by atoms with E-state index in [0.717, 1.165) is 0 Å². The van der Waals surface area contributed by atoms with Crippen LogP contribution < -0.4 is 15.4 Å². The van der Waals surface area contributed by atoms with Crippen molar-refractivity contribution in [2.24, 2.45) is 0 Å². The summed E-state index contributed by atoms with van der Waals surface area (Å²) in [5.74, 6) is -2.29. The van der Waals surface area contributed by atoms with Crippen LogP contribution in [-0.2, 0) is 5.54 Å². The normalized spacial score (nSPS) is 13.5. The maximum absolute atomic E-state index is 16.5. The number of halogens is 3. The van der Waals surface area contributed by atoms with Gasteiger partial charge in [0.2, 0.25) is 0 Å². The van der Waals surface area contributed by atoms with E-state index < -0.39 is 34.8 Å². The molecule has 5 aromatic rings. The fraction of sp³-hybridized carbons (Fsp3) is 0.182. The van der Waals surface area contributed by atoms with Gasteiger partial charge in [-0.05, 0) is 91.1 Å². The maximum atomic E-state index is 16.5. The number of pyridine rings is 1. The average molecular weight is 585 g/mol. The minimum Gasteiger partial charge on any atom is -0.496 e. The SMILES string of the molecule is CNC(=O)c1c(-c2ccc(F)cc2)nn2ccc(-c3cc(C(=O)NC4(c5cccc(F)c5)CC4)c(OC)cc3C)c(F)c12. The molecule has 218 valence electrons. The lowest BCUT2D eigenvalue weighted by Crippen LogP contribution is -2.35. The standard InChI is InChI=1S/C33H27F3N4O3/c1-18-15-26(43-3)25(31(41)38-33(12-13-33)20-5-4-6-22(35)16-20)17-24(18)23-11-14-40-30(28(23)36)27(32(42)37-2)29(39-40)19-7-9-21(34)10-8-19/h4-11,14-17H,12-13H2,1-3H3,(H,37,42)(H,38,41). The van der Waals surface area contributed by atoms with Gasteiger partial charge >= 0.3 is 0 Å². The lowest BCUT2D eigenvalue weighted by molar-refractivity contribution is 0.0926. The summed E-state index contributed by atoms with van der Waals surface area (Å²) in [6.07, 6.45) is 2.82. The van der Waals surface area contributed by atoms with E-state index in [4.69, 9.17) is 4.74 Å². The molecular weight excluding hydrogens is 557 g/mol. The minimum atomic E-state index is -0.722. The molecule has 0 atom stereocenters. The van der Waals surface area contributed by atoms with Crippen molar-refractivity contribution in [3.8, 4) is 28.1 Å². The van der Waals surface area contributed by atoms with E-state index in [9.17, 15) is 18.4 Å². The lowest BCUT2D eigenvalue weighted by Gasteiger charge is -2.20. The number of ether oxygens (including phenoxy) is 1. The largest absolute Gasteiger partial charge is 0.496 e. The number of fused-ring (bicyclic) bond motifs is 1. The summed E-state index contributed by atoms with van der Waals surface area (Å²) < 4.78 is 50.8. The first-order chi connectivity index (χ1) is 20.7. The molecule has 2 amide bonds. The number of amides is 2. The summed E-state index contributed by atoms with van der Waals surface area (Å²) in [5, 5.41) is 10.0. The highest BCUT2D eigenvalue weighted by atomic mass is 19.1. The molecule has 0 radical (unpaired) electrons. The fourth-order valence-electron chi connectivity index (χ4n) is 5.46. The van der Waals surface area contributed by atoms with Crippen LogP contribution in [-0.4, -0.2) is 35.6 Å². The third kappa shape index (κ3) is 4.88. The van der Waals surface area contributed by atoms with E-state index in [1.165, 1.54) is 67.3 Å². The van der Waals surface area contributed by atoms with E-state index in [1.54, 1.807) is 31.2 Å². The van der Waals surface area contributed by atoms with Gasteiger partial charge in [-0.2, -0.15) is 5.10 Å². The van der Waals surface area contributed by atoms with Crippen molar-refractivity contribution in [2.45, 2.75) is 25.3 Å². The molecule has 2 N–H and O–H groups in total. The number of methoxy groups -OCH3 is 1. The second-order valence-electron chi connectivity index (χ2n) is 10.6. The summed E-state index contributed by atoms with van der Waals surface area (Å²) in [5.41, 5.74) is 1.88. The van der Waals surface area contributed by atoms with Crippen LogP contribution in [0.1, 0.15) is 44.7 Å². The van der Waals surface area contributed by atoms with Crippen LogP contribution in [0.5, 0.6) is 5.75 Å². The number of carbonyl (C=O) groups excluding carboxylic acids is 2. The van der Waals surface area contributed by atoms with Crippen LogP contribution in [0.2, 0.25) is 0 Å². The van der Waals surface area contributed by atoms with Gasteiger partial charge in [0.1, 0.15) is 28.6 Å². The van der Waals surface area contributed by atoms with Crippen molar-refractivity contribution in [3.63, 3.8) is 0 Å². The van der Waals surface area contributed by atoms with Crippen molar-refractivity contribution in [2.75, 3.05) is 14.2 Å². The van der Waals surface area contributed by atoms with Gasteiger partial charge in [-0.25, -0.2) is 17.7 Å². The summed E-state index contributed by atoms with van der Waals surface area (Å²) in [6.45, 7) is 1.76. The van der Waals surface area contributed by atoms with Gasteiger partial charge < -0.3 is 15.4 Å². The number of hydrogen-bond donors (Lipinski definition) is 2. The van der Waals surface area contributed by atoms with Crippen molar-refractivity contribution in [1.82, 2.24) is 20.2 Å². The molecule has 2 heterocycles. The van der Waals surface area contributed by atoms with Gasteiger partial charge in [0, 0.05) is 24.4 Å². The van der Waals surface area contributed by atoms with Gasteiger partial charge in [-0.3, -0.25) is 9.59 Å². The van der Waals surface area contributed by atoms with Crippen LogP contribution in [0.15, 0.2) is 72.9 Å². The zero-order valence-corrected chi connectivity index (χ0v) is 23.6. The number of carbonyl (C=O) groups is 2. The molecule has 3 aromatic carbocycles. The van der Waals surface area contributed by atoms with E-state index in [2.05, 4.69) is 15.7 Å². The quantitative estimate of drug-likeness (QED) is 0.239. The molecule has 0 aliphatic heterocycles. The Morgan fingerprint density at radius 3 is 2.33 bits per heavy atom. The minimum absolute atomic E-state index is 0.0108. The van der Waals surface area contributed by atoms with Gasteiger partial charge in [-0.1, -0.05) is 12.1 Å². The second kappa shape index (κ2) is 10.6. The predicted octanol–water partition coefficient (Wildman–Crippen LogP) is 6.18. The Morgan fingerprint density at radius 1 is 0.930 bits per heavy atom. The molecule has 1 saturated carbocycles. The molecule has 0 unspecified atom stereocenters. The molecule has 43 heavy (non-hydrogen) atoms. The molecule has 1 fully saturated rings. The van der Waals surface area contributed by atoms with Crippen LogP contribution in [0.3, 0.4) is 0 Å². The van der Waals surface area contributed by atoms with Gasteiger partial charge in [0.05, 0.1) is 23.8 Å². The Bertz CT molecular complexity index is 1910. The first kappa shape index (κ1) is 28.0. The van der Waals surface area contributed by atoms with Crippen molar-refractivity contribution >= 4 is 17.3 Å². The lowest BCUT2D eigenvalue weighted by atomic mass is 9.95. The molecule has 10 heteroatoms. The molecule has 6 rings (SSSR count). The molecule has 0 saturated heterocycles. The third-order valence-corrected chi connectivity index (χ3v) is 7.87. The molecule has 1 aliphatic carbocycles. The number of benzene rings is 3. The highest BCUT2D eigenvalue weighted by molar-refractivity contribution is 6.07. The first-order valence-electron chi connectivity index (χ1n) is 13.6. The summed E-state index contributed by atoms with van der Waals surface area (Å²) in [6, 6.07) is 16.3. The smallest absolute Gasteiger partial charge is 0.255 e. The molecule has 1 aliphatic rings. The Morgan fingerprint density at radius 2 is 1.67 bits per heavy atom. The van der Waals surface area contributed by atoms with E-state index in [1.807, 2.05) is 0 Å². The topological polar surface area (TPSA) is 84.7 Å². The number of aryl methyl sites for hydroxylation is 1. The van der Waals surface area contributed by atoms with Gasteiger partial charge in [0.25, 0.3) is 11.8 Å². The highest BCUT2D eigenvalue weighted by Crippen LogP contribution is 2.46. The molecule has 0 spiro atoms. The second-order valence-corrected chi connectivity index (χ2v) is 10.6.